The van der Waals surface area contributed by atoms with Crippen molar-refractivity contribution in [3.05, 3.63) is 72.3 Å². The van der Waals surface area contributed by atoms with Crippen molar-refractivity contribution >= 4 is 0 Å². The molecule has 0 aromatic heterocycles. The van der Waals surface area contributed by atoms with Gasteiger partial charge in [-0.3, -0.25) is 0 Å². The fraction of sp³-hybridized carbons (Fsp3) is 0.455. The molecule has 0 aromatic rings. The lowest BCUT2D eigenvalue weighted by Crippen LogP contribution is -2.41. The van der Waals surface area contributed by atoms with Crippen molar-refractivity contribution in [2.75, 3.05) is 13.6 Å². The average Bonchev–Trinajstić information content (AvgIpc) is 2.57. The third-order valence-electron chi connectivity index (χ3n) is 4.29. The third kappa shape index (κ3) is 10.5. The fourth-order valence-corrected chi connectivity index (χ4v) is 2.18. The number of nitrogens with one attached hydrogen (secondary N) is 3. The minimum atomic E-state index is 0.156. The van der Waals surface area contributed by atoms with Crippen LogP contribution in [0.3, 0.4) is 0 Å². The molecule has 0 bridgehead atoms. The van der Waals surface area contributed by atoms with E-state index in [0.29, 0.717) is 0 Å². The monoisotopic (exact) mass is 343 g/mol. The molecular formula is C22H37N3. The first-order valence-corrected chi connectivity index (χ1v) is 8.98. The van der Waals surface area contributed by atoms with E-state index in [1.165, 1.54) is 0 Å². The molecule has 3 nitrogen and oxygen atoms in total. The van der Waals surface area contributed by atoms with Crippen LogP contribution in [-0.2, 0) is 0 Å². The quantitative estimate of drug-likeness (QED) is 0.439. The van der Waals surface area contributed by atoms with Gasteiger partial charge in [0.2, 0.25) is 0 Å². The van der Waals surface area contributed by atoms with Crippen molar-refractivity contribution in [3.63, 3.8) is 0 Å². The molecule has 0 aliphatic rings. The van der Waals surface area contributed by atoms with E-state index in [2.05, 4.69) is 56.0 Å². The molecule has 0 rings (SSSR count). The molecule has 0 aliphatic carbocycles. The van der Waals surface area contributed by atoms with Gasteiger partial charge in [-0.15, -0.1) is 0 Å². The molecule has 0 saturated carbocycles. The van der Waals surface area contributed by atoms with Crippen LogP contribution in [-0.4, -0.2) is 19.1 Å². The molecule has 0 amide bonds. The smallest absolute Gasteiger partial charge is 0.0533 e. The van der Waals surface area contributed by atoms with Gasteiger partial charge < -0.3 is 16.0 Å². The molecule has 0 aliphatic heterocycles. The Bertz CT molecular complexity index is 544. The van der Waals surface area contributed by atoms with Gasteiger partial charge in [0.1, 0.15) is 0 Å². The standard InChI is InChI=1S/C22H37N3/c1-9-11-12-13-19(5)25-20(6)21(15-14-18(3)4)24-17-16-22(7,10-2)23-8/h9,11-15,23-25H,1,3,10,16-17H2,2,4-8H3/b12-11-,15-14-,19-13+,21-20-. The molecule has 0 heterocycles. The van der Waals surface area contributed by atoms with Gasteiger partial charge in [-0.25, -0.2) is 0 Å². The SMILES string of the molecule is C=C/C=C\C=C(/C)N/C(C)=C(/C=C\C(=C)C)NCCC(C)(CC)NC. The largest absolute Gasteiger partial charge is 0.384 e. The van der Waals surface area contributed by atoms with Crippen molar-refractivity contribution in [3.8, 4) is 0 Å². The van der Waals surface area contributed by atoms with E-state index in [4.69, 9.17) is 0 Å². The predicted molar refractivity (Wildman–Crippen MR) is 113 cm³/mol. The molecule has 140 valence electrons. The summed E-state index contributed by atoms with van der Waals surface area (Å²) in [7, 11) is 2.03. The summed E-state index contributed by atoms with van der Waals surface area (Å²) in [5.41, 5.74) is 4.43. The van der Waals surface area contributed by atoms with Gasteiger partial charge in [-0.2, -0.15) is 0 Å². The van der Waals surface area contributed by atoms with Gasteiger partial charge in [-0.1, -0.05) is 50.0 Å². The van der Waals surface area contributed by atoms with Gasteiger partial charge >= 0.3 is 0 Å². The summed E-state index contributed by atoms with van der Waals surface area (Å²) in [6.45, 7) is 19.1. The van der Waals surface area contributed by atoms with Crippen LogP contribution in [0, 0.1) is 0 Å². The summed E-state index contributed by atoms with van der Waals surface area (Å²) in [6.07, 6.45) is 13.9. The summed E-state index contributed by atoms with van der Waals surface area (Å²) in [5.74, 6) is 0. The van der Waals surface area contributed by atoms with Crippen LogP contribution in [0.25, 0.3) is 0 Å². The minimum Gasteiger partial charge on any atom is -0.384 e. The Morgan fingerprint density at radius 1 is 1.12 bits per heavy atom. The normalized spacial score (nSPS) is 15.8. The molecule has 0 spiro atoms. The maximum absolute atomic E-state index is 3.95. The Kier molecular flexibility index (Phi) is 11.4. The van der Waals surface area contributed by atoms with Crippen molar-refractivity contribution in [1.82, 2.24) is 16.0 Å². The lowest BCUT2D eigenvalue weighted by Gasteiger charge is -2.28. The van der Waals surface area contributed by atoms with Crippen molar-refractivity contribution in [2.24, 2.45) is 0 Å². The fourth-order valence-electron chi connectivity index (χ4n) is 2.18. The average molecular weight is 344 g/mol. The Balaban J connectivity index is 5.13. The van der Waals surface area contributed by atoms with Crippen LogP contribution in [0.5, 0.6) is 0 Å². The highest BCUT2D eigenvalue weighted by Gasteiger charge is 2.18. The molecule has 1 atom stereocenters. The van der Waals surface area contributed by atoms with E-state index in [9.17, 15) is 0 Å². The van der Waals surface area contributed by atoms with E-state index in [0.717, 1.165) is 42.1 Å². The first kappa shape index (κ1) is 23.0. The maximum Gasteiger partial charge on any atom is 0.0533 e. The van der Waals surface area contributed by atoms with Gasteiger partial charge in [-0.05, 0) is 59.7 Å². The Morgan fingerprint density at radius 3 is 2.32 bits per heavy atom. The second-order valence-corrected chi connectivity index (χ2v) is 6.65. The maximum atomic E-state index is 3.95. The van der Waals surface area contributed by atoms with Crippen LogP contribution in [0.15, 0.2) is 72.3 Å². The number of hydrogen-bond acceptors (Lipinski definition) is 3. The number of allylic oxidation sites excluding steroid dienone is 9. The Labute approximate surface area is 155 Å². The Hall–Kier alpha value is -2.00. The van der Waals surface area contributed by atoms with Crippen LogP contribution in [0.1, 0.15) is 47.5 Å². The summed E-state index contributed by atoms with van der Waals surface area (Å²) in [4.78, 5) is 0. The van der Waals surface area contributed by atoms with Crippen LogP contribution >= 0.6 is 0 Å². The molecule has 0 saturated heterocycles. The minimum absolute atomic E-state index is 0.156. The van der Waals surface area contributed by atoms with Crippen LogP contribution < -0.4 is 16.0 Å². The van der Waals surface area contributed by atoms with Crippen molar-refractivity contribution in [2.45, 2.75) is 53.0 Å². The van der Waals surface area contributed by atoms with E-state index in [1.807, 2.05) is 45.2 Å². The van der Waals surface area contributed by atoms with Gasteiger partial charge in [0.05, 0.1) is 5.70 Å². The topological polar surface area (TPSA) is 36.1 Å². The van der Waals surface area contributed by atoms with Crippen LogP contribution in [0.2, 0.25) is 0 Å². The lowest BCUT2D eigenvalue weighted by molar-refractivity contribution is 0.343. The van der Waals surface area contributed by atoms with E-state index in [1.54, 1.807) is 6.08 Å². The highest BCUT2D eigenvalue weighted by molar-refractivity contribution is 5.29. The Morgan fingerprint density at radius 2 is 1.80 bits per heavy atom. The lowest BCUT2D eigenvalue weighted by atomic mass is 9.95. The zero-order valence-electron chi connectivity index (χ0n) is 17.0. The third-order valence-corrected chi connectivity index (χ3v) is 4.29. The highest BCUT2D eigenvalue weighted by Crippen LogP contribution is 2.13. The first-order chi connectivity index (χ1) is 11.8. The summed E-state index contributed by atoms with van der Waals surface area (Å²) in [6, 6.07) is 0. The molecule has 0 radical (unpaired) electrons. The zero-order chi connectivity index (χ0) is 19.3. The van der Waals surface area contributed by atoms with E-state index >= 15 is 0 Å². The molecule has 0 fully saturated rings. The molecule has 0 aromatic carbocycles. The summed E-state index contributed by atoms with van der Waals surface area (Å²) in [5, 5.41) is 10.4. The molecule has 25 heavy (non-hydrogen) atoms. The van der Waals surface area contributed by atoms with Gasteiger partial charge in [0.15, 0.2) is 0 Å². The second-order valence-electron chi connectivity index (χ2n) is 6.65. The van der Waals surface area contributed by atoms with Gasteiger partial charge in [0.25, 0.3) is 0 Å². The summed E-state index contributed by atoms with van der Waals surface area (Å²) < 4.78 is 0. The second kappa shape index (κ2) is 12.4. The van der Waals surface area contributed by atoms with Crippen molar-refractivity contribution < 1.29 is 0 Å². The van der Waals surface area contributed by atoms with E-state index in [-0.39, 0.29) is 5.54 Å². The number of hydrogen-bond donors (Lipinski definition) is 3. The van der Waals surface area contributed by atoms with Crippen LogP contribution in [0.4, 0.5) is 0 Å². The molecule has 3 N–H and O–H groups in total. The summed E-state index contributed by atoms with van der Waals surface area (Å²) >= 11 is 0. The number of rotatable bonds is 12. The molecule has 1 unspecified atom stereocenters. The van der Waals surface area contributed by atoms with Crippen molar-refractivity contribution in [1.29, 1.82) is 0 Å². The highest BCUT2D eigenvalue weighted by atomic mass is 15.0. The molecular weight excluding hydrogens is 306 g/mol. The predicted octanol–water partition coefficient (Wildman–Crippen LogP) is 4.95. The zero-order valence-corrected chi connectivity index (χ0v) is 17.0. The first-order valence-electron chi connectivity index (χ1n) is 8.98. The van der Waals surface area contributed by atoms with E-state index < -0.39 is 0 Å². The van der Waals surface area contributed by atoms with Gasteiger partial charge in [0, 0.05) is 23.5 Å². The molecule has 3 heteroatoms.